The first-order valence-electron chi connectivity index (χ1n) is 8.15. The molecule has 0 unspecified atom stereocenters. The van der Waals surface area contributed by atoms with E-state index in [1.54, 1.807) is 37.3 Å². The molecule has 8 heteroatoms. The van der Waals surface area contributed by atoms with Crippen molar-refractivity contribution in [3.05, 3.63) is 74.7 Å². The number of anilines is 1. The average molecular weight is 404 g/mol. The number of allylic oxidation sites excluding steroid dienone is 1. The maximum atomic E-state index is 12.9. The van der Waals surface area contributed by atoms with Gasteiger partial charge in [0.25, 0.3) is 5.56 Å². The van der Waals surface area contributed by atoms with Gasteiger partial charge in [-0.1, -0.05) is 41.6 Å². The molecule has 6 nitrogen and oxygen atoms in total. The molecule has 0 amide bonds. The second-order valence-electron chi connectivity index (χ2n) is 5.87. The van der Waals surface area contributed by atoms with Crippen LogP contribution in [0.3, 0.4) is 0 Å². The van der Waals surface area contributed by atoms with Crippen LogP contribution in [0.5, 0.6) is 0 Å². The molecule has 2 heterocycles. The van der Waals surface area contributed by atoms with Gasteiger partial charge in [-0.3, -0.25) is 4.79 Å². The van der Waals surface area contributed by atoms with Gasteiger partial charge in [0.05, 0.1) is 24.2 Å². The quantitative estimate of drug-likeness (QED) is 0.342. The number of esters is 1. The number of ether oxygens (including phenoxy) is 1. The van der Waals surface area contributed by atoms with Crippen LogP contribution in [0.2, 0.25) is 5.02 Å². The number of fused-ring (bicyclic) bond motifs is 1. The van der Waals surface area contributed by atoms with E-state index >= 15 is 0 Å². The first-order valence-corrected chi connectivity index (χ1v) is 9.52. The Morgan fingerprint density at radius 3 is 2.74 bits per heavy atom. The minimum atomic E-state index is -0.610. The number of aromatic amines is 1. The van der Waals surface area contributed by atoms with Crippen molar-refractivity contribution in [3.63, 3.8) is 0 Å². The highest BCUT2D eigenvalue weighted by atomic mass is 35.5. The van der Waals surface area contributed by atoms with Crippen molar-refractivity contribution >= 4 is 35.1 Å². The normalized spacial score (nSPS) is 15.7. The Bertz CT molecular complexity index is 983. The number of halogens is 1. The molecule has 2 aromatic rings. The third-order valence-electron chi connectivity index (χ3n) is 4.17. The highest BCUT2D eigenvalue weighted by Crippen LogP contribution is 2.40. The summed E-state index contributed by atoms with van der Waals surface area (Å²) in [6.07, 6.45) is 1.73. The number of benzene rings is 1. The van der Waals surface area contributed by atoms with Crippen LogP contribution in [0.1, 0.15) is 24.0 Å². The minimum absolute atomic E-state index is 0.312. The summed E-state index contributed by atoms with van der Waals surface area (Å²) in [5.41, 5.74) is 1.76. The largest absolute Gasteiger partial charge is 0.466 e. The van der Waals surface area contributed by atoms with E-state index in [0.29, 0.717) is 38.6 Å². The number of hydrogen-bond donors (Lipinski definition) is 2. The van der Waals surface area contributed by atoms with Crippen LogP contribution in [0.15, 0.2) is 58.1 Å². The van der Waals surface area contributed by atoms with Gasteiger partial charge in [-0.15, -0.1) is 6.58 Å². The van der Waals surface area contributed by atoms with Crippen LogP contribution in [-0.2, 0) is 9.53 Å². The fourth-order valence-electron chi connectivity index (χ4n) is 3.01. The second-order valence-corrected chi connectivity index (χ2v) is 7.32. The number of nitrogens with zero attached hydrogens (tertiary/aromatic N) is 1. The van der Waals surface area contributed by atoms with Crippen LogP contribution in [-0.4, -0.2) is 28.8 Å². The molecule has 27 heavy (non-hydrogen) atoms. The molecule has 0 bridgehead atoms. The zero-order chi connectivity index (χ0) is 19.6. The highest BCUT2D eigenvalue weighted by molar-refractivity contribution is 7.99. The molecule has 140 valence electrons. The van der Waals surface area contributed by atoms with E-state index in [1.165, 1.54) is 18.9 Å². The molecule has 0 aliphatic carbocycles. The van der Waals surface area contributed by atoms with Gasteiger partial charge in [-0.05, 0) is 24.6 Å². The number of nitrogens with one attached hydrogen (secondary N) is 2. The van der Waals surface area contributed by atoms with Crippen LogP contribution < -0.4 is 10.9 Å². The van der Waals surface area contributed by atoms with Crippen LogP contribution in [0, 0.1) is 0 Å². The summed E-state index contributed by atoms with van der Waals surface area (Å²) in [4.78, 5) is 32.6. The van der Waals surface area contributed by atoms with Gasteiger partial charge in [0.15, 0.2) is 5.16 Å². The van der Waals surface area contributed by atoms with Gasteiger partial charge in [0.2, 0.25) is 0 Å². The maximum absolute atomic E-state index is 12.9. The predicted octanol–water partition coefficient (Wildman–Crippen LogP) is 3.71. The number of aromatic nitrogens is 2. The molecular weight excluding hydrogens is 386 g/mol. The Labute approximate surface area is 165 Å². The topological polar surface area (TPSA) is 84.1 Å². The van der Waals surface area contributed by atoms with Gasteiger partial charge in [-0.25, -0.2) is 9.78 Å². The minimum Gasteiger partial charge on any atom is -0.466 e. The molecule has 1 atom stereocenters. The molecule has 3 rings (SSSR count). The van der Waals surface area contributed by atoms with Gasteiger partial charge < -0.3 is 15.0 Å². The lowest BCUT2D eigenvalue weighted by molar-refractivity contribution is -0.136. The van der Waals surface area contributed by atoms with E-state index in [1.807, 2.05) is 0 Å². The zero-order valence-corrected chi connectivity index (χ0v) is 16.4. The molecule has 0 radical (unpaired) electrons. The van der Waals surface area contributed by atoms with Crippen molar-refractivity contribution in [2.75, 3.05) is 18.2 Å². The van der Waals surface area contributed by atoms with Gasteiger partial charge in [-0.2, -0.15) is 0 Å². The first kappa shape index (κ1) is 19.3. The Balaban J connectivity index is 2.21. The Kier molecular flexibility index (Phi) is 5.72. The van der Waals surface area contributed by atoms with Crippen LogP contribution in [0.4, 0.5) is 5.82 Å². The third-order valence-corrected chi connectivity index (χ3v) is 5.29. The molecular formula is C19H18ClN3O3S. The lowest BCUT2D eigenvalue weighted by atomic mass is 9.82. The fourth-order valence-corrected chi connectivity index (χ4v) is 3.73. The number of carbonyl (C=O) groups excluding carboxylic acids is 1. The smallest absolute Gasteiger partial charge is 0.336 e. The monoisotopic (exact) mass is 403 g/mol. The Morgan fingerprint density at radius 2 is 2.11 bits per heavy atom. The van der Waals surface area contributed by atoms with Crippen molar-refractivity contribution in [1.82, 2.24) is 9.97 Å². The summed E-state index contributed by atoms with van der Waals surface area (Å²) >= 11 is 7.37. The SMILES string of the molecule is C=CCSc1nc2c(c(=O)[nH]1)[C@@H](c1ccc(Cl)cc1)C(C(=O)OC)=C(C)N2. The van der Waals surface area contributed by atoms with Gasteiger partial charge in [0, 0.05) is 16.5 Å². The number of thioether (sulfide) groups is 1. The van der Waals surface area contributed by atoms with Crippen molar-refractivity contribution in [2.45, 2.75) is 18.0 Å². The summed E-state index contributed by atoms with van der Waals surface area (Å²) in [7, 11) is 1.31. The third kappa shape index (κ3) is 3.79. The van der Waals surface area contributed by atoms with Crippen molar-refractivity contribution < 1.29 is 9.53 Å². The molecule has 1 aromatic carbocycles. The summed E-state index contributed by atoms with van der Waals surface area (Å²) in [5.74, 6) is -0.0731. The van der Waals surface area contributed by atoms with Crippen LogP contribution >= 0.6 is 23.4 Å². The van der Waals surface area contributed by atoms with E-state index in [4.69, 9.17) is 16.3 Å². The summed E-state index contributed by atoms with van der Waals surface area (Å²) in [5, 5.41) is 4.12. The molecule has 0 spiro atoms. The first-order chi connectivity index (χ1) is 13.0. The predicted molar refractivity (Wildman–Crippen MR) is 107 cm³/mol. The standard InChI is InChI=1S/C19H18ClN3O3S/c1-4-9-27-19-22-16-15(17(24)23-19)14(11-5-7-12(20)8-6-11)13(10(2)21-16)18(25)26-3/h4-8,14H,1,9H2,2-3H3,(H2,21,22,23,24)/t14-/m0/s1. The van der Waals surface area contributed by atoms with E-state index in [-0.39, 0.29) is 5.56 Å². The average Bonchev–Trinajstić information content (AvgIpc) is 2.65. The Hall–Kier alpha value is -2.51. The van der Waals surface area contributed by atoms with Gasteiger partial charge in [0.1, 0.15) is 5.82 Å². The highest BCUT2D eigenvalue weighted by Gasteiger charge is 2.36. The molecule has 0 saturated carbocycles. The number of methoxy groups -OCH3 is 1. The summed E-state index contributed by atoms with van der Waals surface area (Å²) < 4.78 is 4.96. The zero-order valence-electron chi connectivity index (χ0n) is 14.8. The molecule has 1 aliphatic rings. The molecule has 0 saturated heterocycles. The fraction of sp³-hybridized carbons (Fsp3) is 0.211. The molecule has 1 aliphatic heterocycles. The lowest BCUT2D eigenvalue weighted by Gasteiger charge is -2.28. The maximum Gasteiger partial charge on any atom is 0.336 e. The summed E-state index contributed by atoms with van der Waals surface area (Å²) in [6, 6.07) is 7.02. The number of carbonyl (C=O) groups is 1. The van der Waals surface area contributed by atoms with Gasteiger partial charge >= 0.3 is 5.97 Å². The number of rotatable bonds is 5. The van der Waals surface area contributed by atoms with Crippen molar-refractivity contribution in [1.29, 1.82) is 0 Å². The molecule has 2 N–H and O–H groups in total. The van der Waals surface area contributed by atoms with Crippen LogP contribution in [0.25, 0.3) is 0 Å². The number of H-pyrrole nitrogens is 1. The lowest BCUT2D eigenvalue weighted by Crippen LogP contribution is -2.31. The van der Waals surface area contributed by atoms with E-state index < -0.39 is 11.9 Å². The van der Waals surface area contributed by atoms with Crippen molar-refractivity contribution in [3.8, 4) is 0 Å². The van der Waals surface area contributed by atoms with E-state index in [9.17, 15) is 9.59 Å². The number of hydrogen-bond acceptors (Lipinski definition) is 6. The van der Waals surface area contributed by atoms with E-state index in [2.05, 4.69) is 21.9 Å². The second kappa shape index (κ2) is 8.02. The van der Waals surface area contributed by atoms with Crippen molar-refractivity contribution in [2.24, 2.45) is 0 Å². The molecule has 1 aromatic heterocycles. The molecule has 0 fully saturated rings. The Morgan fingerprint density at radius 1 is 1.41 bits per heavy atom. The van der Waals surface area contributed by atoms with E-state index in [0.717, 1.165) is 5.56 Å². The summed E-state index contributed by atoms with van der Waals surface area (Å²) in [6.45, 7) is 5.43.